The van der Waals surface area contributed by atoms with E-state index in [1.54, 1.807) is 12.4 Å². The molecule has 6 heteroatoms. The second-order valence-electron chi connectivity index (χ2n) is 8.28. The maximum atomic E-state index is 13.7. The van der Waals surface area contributed by atoms with E-state index in [0.717, 1.165) is 24.0 Å². The van der Waals surface area contributed by atoms with Gasteiger partial charge in [0.25, 0.3) is 5.91 Å². The van der Waals surface area contributed by atoms with Crippen molar-refractivity contribution in [3.05, 3.63) is 66.0 Å². The van der Waals surface area contributed by atoms with Gasteiger partial charge in [0.05, 0.1) is 13.2 Å². The van der Waals surface area contributed by atoms with E-state index in [1.807, 2.05) is 52.3 Å². The van der Waals surface area contributed by atoms with Gasteiger partial charge in [0.2, 0.25) is 5.91 Å². The molecule has 5 rings (SSSR count). The summed E-state index contributed by atoms with van der Waals surface area (Å²) >= 11 is 0. The molecule has 1 aliphatic carbocycles. The fraction of sp³-hybridized carbons (Fsp3) is 0.435. The van der Waals surface area contributed by atoms with E-state index in [0.29, 0.717) is 32.8 Å². The molecule has 0 bridgehead atoms. The van der Waals surface area contributed by atoms with Crippen LogP contribution in [0.2, 0.25) is 0 Å². The summed E-state index contributed by atoms with van der Waals surface area (Å²) in [6, 6.07) is 13.9. The van der Waals surface area contributed by atoms with E-state index in [-0.39, 0.29) is 23.7 Å². The second kappa shape index (κ2) is 7.26. The zero-order valence-corrected chi connectivity index (χ0v) is 16.4. The molecule has 0 N–H and O–H groups in total. The molecule has 29 heavy (non-hydrogen) atoms. The average molecular weight is 391 g/mol. The molecular formula is C23H25N3O3. The highest BCUT2D eigenvalue weighted by molar-refractivity contribution is 5.90. The van der Waals surface area contributed by atoms with Gasteiger partial charge in [-0.15, -0.1) is 0 Å². The minimum atomic E-state index is -1.03. The van der Waals surface area contributed by atoms with Gasteiger partial charge in [-0.2, -0.15) is 0 Å². The molecule has 150 valence electrons. The standard InChI is InChI=1S/C23H25N3O3/c27-21(18-8-9-18)26-15-20(19-7-4-10-24-13-19)23(16-26)22(28)25(11-12-29-23)14-17-5-2-1-3-6-17/h1-7,10,13,18,20H,8-9,11-12,14-16H2/t20-,23+/m1/s1. The summed E-state index contributed by atoms with van der Waals surface area (Å²) in [5.74, 6) is 0.0590. The Kier molecular flexibility index (Phi) is 4.59. The number of hydrogen-bond acceptors (Lipinski definition) is 4. The summed E-state index contributed by atoms with van der Waals surface area (Å²) < 4.78 is 6.24. The molecule has 1 spiro atoms. The summed E-state index contributed by atoms with van der Waals surface area (Å²) in [5.41, 5.74) is 1.02. The first kappa shape index (κ1) is 18.3. The van der Waals surface area contributed by atoms with Crippen molar-refractivity contribution in [3.8, 4) is 0 Å². The third kappa shape index (κ3) is 3.31. The van der Waals surface area contributed by atoms with Crippen molar-refractivity contribution in [2.24, 2.45) is 5.92 Å². The van der Waals surface area contributed by atoms with Gasteiger partial charge in [-0.05, 0) is 30.0 Å². The van der Waals surface area contributed by atoms with Crippen LogP contribution in [-0.4, -0.2) is 58.4 Å². The fourth-order valence-electron chi connectivity index (χ4n) is 4.63. The molecule has 3 fully saturated rings. The fourth-order valence-corrected chi connectivity index (χ4v) is 4.63. The molecular weight excluding hydrogens is 366 g/mol. The lowest BCUT2D eigenvalue weighted by molar-refractivity contribution is -0.173. The summed E-state index contributed by atoms with van der Waals surface area (Å²) in [7, 11) is 0. The minimum Gasteiger partial charge on any atom is -0.361 e. The Labute approximate surface area is 170 Å². The SMILES string of the molecule is O=C(C1CC1)N1C[C@H](c2cccnc2)[C@]2(C1)OCCN(Cc1ccccc1)C2=O. The van der Waals surface area contributed by atoms with Gasteiger partial charge in [0.1, 0.15) is 0 Å². The van der Waals surface area contributed by atoms with Crippen LogP contribution in [0, 0.1) is 5.92 Å². The van der Waals surface area contributed by atoms with Crippen molar-refractivity contribution in [3.63, 3.8) is 0 Å². The minimum absolute atomic E-state index is 0.0208. The molecule has 0 radical (unpaired) electrons. The van der Waals surface area contributed by atoms with Crippen LogP contribution in [0.4, 0.5) is 0 Å². The first-order valence-corrected chi connectivity index (χ1v) is 10.3. The molecule has 2 amide bonds. The number of ether oxygens (including phenoxy) is 1. The molecule has 2 aliphatic heterocycles. The number of aromatic nitrogens is 1. The molecule has 2 atom stereocenters. The number of carbonyl (C=O) groups is 2. The van der Waals surface area contributed by atoms with Crippen molar-refractivity contribution in [1.29, 1.82) is 0 Å². The molecule has 2 saturated heterocycles. The van der Waals surface area contributed by atoms with Crippen LogP contribution >= 0.6 is 0 Å². The van der Waals surface area contributed by atoms with Gasteiger partial charge in [-0.1, -0.05) is 36.4 Å². The molecule has 1 saturated carbocycles. The Morgan fingerprint density at radius 3 is 2.72 bits per heavy atom. The van der Waals surface area contributed by atoms with Crippen LogP contribution in [0.15, 0.2) is 54.9 Å². The van der Waals surface area contributed by atoms with Crippen LogP contribution in [-0.2, 0) is 20.9 Å². The number of morpholine rings is 1. The number of amides is 2. The van der Waals surface area contributed by atoms with Crippen molar-refractivity contribution in [1.82, 2.24) is 14.8 Å². The lowest BCUT2D eigenvalue weighted by Gasteiger charge is -2.42. The molecule has 6 nitrogen and oxygen atoms in total. The summed E-state index contributed by atoms with van der Waals surface area (Å²) in [5, 5.41) is 0. The quantitative estimate of drug-likeness (QED) is 0.802. The number of hydrogen-bond donors (Lipinski definition) is 0. The molecule has 1 aromatic carbocycles. The Morgan fingerprint density at radius 2 is 2.00 bits per heavy atom. The lowest BCUT2D eigenvalue weighted by atomic mass is 9.83. The van der Waals surface area contributed by atoms with Crippen molar-refractivity contribution in [2.45, 2.75) is 30.9 Å². The smallest absolute Gasteiger partial charge is 0.257 e. The van der Waals surface area contributed by atoms with Gasteiger partial charge < -0.3 is 14.5 Å². The van der Waals surface area contributed by atoms with E-state index >= 15 is 0 Å². The predicted molar refractivity (Wildman–Crippen MR) is 107 cm³/mol. The van der Waals surface area contributed by atoms with Gasteiger partial charge in [0, 0.05) is 43.9 Å². The number of benzene rings is 1. The maximum absolute atomic E-state index is 13.7. The highest BCUT2D eigenvalue weighted by atomic mass is 16.5. The first-order chi connectivity index (χ1) is 14.2. The van der Waals surface area contributed by atoms with Crippen LogP contribution in [0.1, 0.15) is 29.9 Å². The van der Waals surface area contributed by atoms with Crippen LogP contribution < -0.4 is 0 Å². The Bertz CT molecular complexity index is 900. The van der Waals surface area contributed by atoms with Gasteiger partial charge >= 0.3 is 0 Å². The maximum Gasteiger partial charge on any atom is 0.257 e. The Morgan fingerprint density at radius 1 is 1.17 bits per heavy atom. The zero-order valence-electron chi connectivity index (χ0n) is 16.4. The molecule has 3 aliphatic rings. The van der Waals surface area contributed by atoms with Crippen molar-refractivity contribution >= 4 is 11.8 Å². The van der Waals surface area contributed by atoms with E-state index in [4.69, 9.17) is 4.74 Å². The average Bonchev–Trinajstić information content (AvgIpc) is 3.54. The third-order valence-electron chi connectivity index (χ3n) is 6.30. The van der Waals surface area contributed by atoms with Crippen LogP contribution in [0.3, 0.4) is 0 Å². The van der Waals surface area contributed by atoms with Crippen molar-refractivity contribution < 1.29 is 14.3 Å². The van der Waals surface area contributed by atoms with Gasteiger partial charge in [-0.25, -0.2) is 0 Å². The second-order valence-corrected chi connectivity index (χ2v) is 8.28. The summed E-state index contributed by atoms with van der Waals surface area (Å²) in [4.78, 5) is 34.5. The van der Waals surface area contributed by atoms with E-state index in [1.165, 1.54) is 0 Å². The number of likely N-dealkylation sites (tertiary alicyclic amines) is 1. The third-order valence-corrected chi connectivity index (χ3v) is 6.30. The van der Waals surface area contributed by atoms with Gasteiger partial charge in [0.15, 0.2) is 5.60 Å². The number of pyridine rings is 1. The molecule has 2 aromatic rings. The largest absolute Gasteiger partial charge is 0.361 e. The van der Waals surface area contributed by atoms with E-state index < -0.39 is 5.60 Å². The topological polar surface area (TPSA) is 62.7 Å². The monoisotopic (exact) mass is 391 g/mol. The zero-order chi connectivity index (χ0) is 19.8. The van der Waals surface area contributed by atoms with E-state index in [9.17, 15) is 9.59 Å². The summed E-state index contributed by atoms with van der Waals surface area (Å²) in [6.07, 6.45) is 5.43. The van der Waals surface area contributed by atoms with Gasteiger partial charge in [-0.3, -0.25) is 14.6 Å². The number of rotatable bonds is 4. The molecule has 0 unspecified atom stereocenters. The highest BCUT2D eigenvalue weighted by Crippen LogP contribution is 2.44. The normalized spacial score (nSPS) is 26.9. The molecule has 3 heterocycles. The summed E-state index contributed by atoms with van der Waals surface area (Å²) in [6.45, 7) is 2.42. The van der Waals surface area contributed by atoms with E-state index in [2.05, 4.69) is 4.98 Å². The number of carbonyl (C=O) groups excluding carboxylic acids is 2. The van der Waals surface area contributed by atoms with Crippen LogP contribution in [0.5, 0.6) is 0 Å². The number of nitrogens with zero attached hydrogens (tertiary/aromatic N) is 3. The Hall–Kier alpha value is -2.73. The predicted octanol–water partition coefficient (Wildman–Crippen LogP) is 2.22. The first-order valence-electron chi connectivity index (χ1n) is 10.3. The lowest BCUT2D eigenvalue weighted by Crippen LogP contribution is -2.60. The van der Waals surface area contributed by atoms with Crippen LogP contribution in [0.25, 0.3) is 0 Å². The Balaban J connectivity index is 1.47. The highest BCUT2D eigenvalue weighted by Gasteiger charge is 2.58. The molecule has 1 aromatic heterocycles. The van der Waals surface area contributed by atoms with Crippen molar-refractivity contribution in [2.75, 3.05) is 26.2 Å².